The third-order valence-corrected chi connectivity index (χ3v) is 3.46. The lowest BCUT2D eigenvalue weighted by molar-refractivity contribution is 0.448. The molecule has 1 heterocycles. The van der Waals surface area contributed by atoms with Gasteiger partial charge in [-0.25, -0.2) is 18.2 Å². The summed E-state index contributed by atoms with van der Waals surface area (Å²) in [5, 5.41) is 0. The monoisotopic (exact) mass is 291 g/mol. The Kier molecular flexibility index (Phi) is 3.17. The van der Waals surface area contributed by atoms with E-state index in [1.165, 1.54) is 6.07 Å². The first-order valence-corrected chi connectivity index (χ1v) is 6.32. The Morgan fingerprint density at radius 3 is 2.57 bits per heavy atom. The number of hydrogen-bond donors (Lipinski definition) is 1. The Morgan fingerprint density at radius 1 is 1.10 bits per heavy atom. The van der Waals surface area contributed by atoms with Crippen molar-refractivity contribution in [1.82, 2.24) is 9.55 Å². The van der Waals surface area contributed by atoms with E-state index in [4.69, 9.17) is 5.73 Å². The molecule has 0 aliphatic carbocycles. The van der Waals surface area contributed by atoms with Gasteiger partial charge in [-0.3, -0.25) is 0 Å². The smallest absolute Gasteiger partial charge is 0.195 e. The third-order valence-electron chi connectivity index (χ3n) is 3.46. The summed E-state index contributed by atoms with van der Waals surface area (Å²) in [7, 11) is 1.69. The molecule has 21 heavy (non-hydrogen) atoms. The van der Waals surface area contributed by atoms with Crippen LogP contribution in [0, 0.1) is 17.5 Å². The Labute approximate surface area is 118 Å². The van der Waals surface area contributed by atoms with Gasteiger partial charge in [0.05, 0.1) is 16.6 Å². The highest BCUT2D eigenvalue weighted by molar-refractivity contribution is 5.81. The second-order valence-corrected chi connectivity index (χ2v) is 4.74. The minimum atomic E-state index is -1.50. The van der Waals surface area contributed by atoms with Gasteiger partial charge in [-0.1, -0.05) is 6.07 Å². The average molecular weight is 291 g/mol. The minimum Gasteiger partial charge on any atom is -0.327 e. The van der Waals surface area contributed by atoms with Crippen molar-refractivity contribution in [2.24, 2.45) is 12.8 Å². The lowest BCUT2D eigenvalue weighted by Crippen LogP contribution is -1.99. The molecule has 0 amide bonds. The van der Waals surface area contributed by atoms with Gasteiger partial charge in [0.15, 0.2) is 17.5 Å². The van der Waals surface area contributed by atoms with E-state index in [9.17, 15) is 13.2 Å². The first-order chi connectivity index (χ1) is 10.0. The quantitative estimate of drug-likeness (QED) is 0.737. The van der Waals surface area contributed by atoms with E-state index in [-0.39, 0.29) is 11.4 Å². The standard InChI is InChI=1S/C15H12F3N3/c1-21-12-6-8(7-19)2-5-11(12)20-15(21)9-3-4-10(16)14(18)13(9)17/h2-6H,7,19H2,1H3. The Hall–Kier alpha value is -2.34. The van der Waals surface area contributed by atoms with Gasteiger partial charge in [-0.15, -0.1) is 0 Å². The van der Waals surface area contributed by atoms with Gasteiger partial charge in [0.2, 0.25) is 0 Å². The topological polar surface area (TPSA) is 43.8 Å². The summed E-state index contributed by atoms with van der Waals surface area (Å²) in [6.07, 6.45) is 0. The molecule has 0 spiro atoms. The van der Waals surface area contributed by atoms with Crippen LogP contribution in [0.25, 0.3) is 22.4 Å². The number of nitrogens with zero attached hydrogens (tertiary/aromatic N) is 2. The molecule has 6 heteroatoms. The molecular formula is C15H12F3N3. The van der Waals surface area contributed by atoms with Crippen LogP contribution < -0.4 is 5.73 Å². The van der Waals surface area contributed by atoms with Crippen molar-refractivity contribution in [3.05, 3.63) is 53.3 Å². The predicted octanol–water partition coefficient (Wildman–Crippen LogP) is 3.12. The summed E-state index contributed by atoms with van der Waals surface area (Å²) in [6.45, 7) is 0.371. The Bertz CT molecular complexity index is 840. The van der Waals surface area contributed by atoms with E-state index in [0.717, 1.165) is 17.1 Å². The van der Waals surface area contributed by atoms with Crippen molar-refractivity contribution < 1.29 is 13.2 Å². The molecule has 108 valence electrons. The number of nitrogens with two attached hydrogens (primary N) is 1. The van der Waals surface area contributed by atoms with Gasteiger partial charge in [-0.05, 0) is 29.8 Å². The normalized spacial score (nSPS) is 11.3. The number of fused-ring (bicyclic) bond motifs is 1. The lowest BCUT2D eigenvalue weighted by Gasteiger charge is -2.05. The average Bonchev–Trinajstić information content (AvgIpc) is 2.81. The highest BCUT2D eigenvalue weighted by atomic mass is 19.2. The van der Waals surface area contributed by atoms with Crippen LogP contribution in [0.3, 0.4) is 0 Å². The van der Waals surface area contributed by atoms with E-state index >= 15 is 0 Å². The second-order valence-electron chi connectivity index (χ2n) is 4.74. The number of imidazole rings is 1. The second kappa shape index (κ2) is 4.89. The maximum atomic E-state index is 13.9. The lowest BCUT2D eigenvalue weighted by atomic mass is 10.2. The molecular weight excluding hydrogens is 279 g/mol. The predicted molar refractivity (Wildman–Crippen MR) is 73.9 cm³/mol. The van der Waals surface area contributed by atoms with Crippen molar-refractivity contribution in [3.63, 3.8) is 0 Å². The minimum absolute atomic E-state index is 0.0816. The van der Waals surface area contributed by atoms with Crippen molar-refractivity contribution in [3.8, 4) is 11.4 Å². The Balaban J connectivity index is 2.26. The van der Waals surface area contributed by atoms with Crippen molar-refractivity contribution in [2.45, 2.75) is 6.54 Å². The SMILES string of the molecule is Cn1c(-c2ccc(F)c(F)c2F)nc2ccc(CN)cc21. The number of halogens is 3. The molecule has 2 N–H and O–H groups in total. The van der Waals surface area contributed by atoms with Crippen LogP contribution >= 0.6 is 0 Å². The van der Waals surface area contributed by atoms with E-state index in [1.807, 2.05) is 12.1 Å². The zero-order chi connectivity index (χ0) is 15.1. The Morgan fingerprint density at radius 2 is 1.86 bits per heavy atom. The van der Waals surface area contributed by atoms with Gasteiger partial charge in [-0.2, -0.15) is 0 Å². The summed E-state index contributed by atoms with van der Waals surface area (Å²) in [5.74, 6) is -3.73. The van der Waals surface area contributed by atoms with E-state index in [2.05, 4.69) is 4.98 Å². The molecule has 3 rings (SSSR count). The summed E-state index contributed by atoms with van der Waals surface area (Å²) < 4.78 is 41.9. The molecule has 2 aromatic carbocycles. The molecule has 0 radical (unpaired) electrons. The molecule has 0 aliphatic heterocycles. The largest absolute Gasteiger partial charge is 0.327 e. The molecule has 0 bridgehead atoms. The van der Waals surface area contributed by atoms with E-state index < -0.39 is 17.5 Å². The summed E-state index contributed by atoms with van der Waals surface area (Å²) in [5.41, 5.74) is 7.79. The molecule has 0 unspecified atom stereocenters. The number of rotatable bonds is 2. The van der Waals surface area contributed by atoms with Gasteiger partial charge in [0.1, 0.15) is 5.82 Å². The molecule has 1 aromatic heterocycles. The van der Waals surface area contributed by atoms with Crippen LogP contribution in [0.1, 0.15) is 5.56 Å². The zero-order valence-electron chi connectivity index (χ0n) is 11.2. The van der Waals surface area contributed by atoms with Crippen LogP contribution in [0.2, 0.25) is 0 Å². The maximum Gasteiger partial charge on any atom is 0.195 e. The van der Waals surface area contributed by atoms with E-state index in [1.54, 1.807) is 17.7 Å². The molecule has 0 aliphatic rings. The molecule has 0 saturated heterocycles. The van der Waals surface area contributed by atoms with Crippen LogP contribution in [-0.4, -0.2) is 9.55 Å². The van der Waals surface area contributed by atoms with Crippen molar-refractivity contribution >= 4 is 11.0 Å². The third kappa shape index (κ3) is 2.08. The summed E-state index contributed by atoms with van der Waals surface area (Å²) >= 11 is 0. The van der Waals surface area contributed by atoms with Crippen LogP contribution in [0.4, 0.5) is 13.2 Å². The molecule has 0 fully saturated rings. The molecule has 3 nitrogen and oxygen atoms in total. The number of aryl methyl sites for hydroxylation is 1. The zero-order valence-corrected chi connectivity index (χ0v) is 11.2. The number of aromatic nitrogens is 2. The van der Waals surface area contributed by atoms with Gasteiger partial charge >= 0.3 is 0 Å². The van der Waals surface area contributed by atoms with Gasteiger partial charge in [0.25, 0.3) is 0 Å². The summed E-state index contributed by atoms with van der Waals surface area (Å²) in [6, 6.07) is 7.49. The highest BCUT2D eigenvalue weighted by Gasteiger charge is 2.19. The van der Waals surface area contributed by atoms with Crippen molar-refractivity contribution in [2.75, 3.05) is 0 Å². The maximum absolute atomic E-state index is 13.9. The first kappa shape index (κ1) is 13.6. The van der Waals surface area contributed by atoms with Crippen LogP contribution in [0.15, 0.2) is 30.3 Å². The fraction of sp³-hybridized carbons (Fsp3) is 0.133. The highest BCUT2D eigenvalue weighted by Crippen LogP contribution is 2.28. The summed E-state index contributed by atoms with van der Waals surface area (Å²) in [4.78, 5) is 4.28. The number of benzene rings is 2. The fourth-order valence-electron chi connectivity index (χ4n) is 2.30. The molecule has 0 saturated carbocycles. The van der Waals surface area contributed by atoms with Gasteiger partial charge in [0, 0.05) is 13.6 Å². The fourth-order valence-corrected chi connectivity index (χ4v) is 2.30. The molecule has 3 aromatic rings. The number of hydrogen-bond acceptors (Lipinski definition) is 2. The molecule has 0 atom stereocenters. The van der Waals surface area contributed by atoms with E-state index in [0.29, 0.717) is 12.1 Å². The van der Waals surface area contributed by atoms with Crippen LogP contribution in [0.5, 0.6) is 0 Å². The van der Waals surface area contributed by atoms with Crippen molar-refractivity contribution in [1.29, 1.82) is 0 Å². The first-order valence-electron chi connectivity index (χ1n) is 6.32. The van der Waals surface area contributed by atoms with Gasteiger partial charge < -0.3 is 10.3 Å². The van der Waals surface area contributed by atoms with Crippen LogP contribution in [-0.2, 0) is 13.6 Å².